The van der Waals surface area contributed by atoms with Crippen LogP contribution in [0.5, 0.6) is 0 Å². The van der Waals surface area contributed by atoms with Crippen LogP contribution in [0.15, 0.2) is 42.6 Å². The number of pyridine rings is 1. The van der Waals surface area contributed by atoms with Gasteiger partial charge in [-0.15, -0.1) is 0 Å². The summed E-state index contributed by atoms with van der Waals surface area (Å²) in [4.78, 5) is 19.3. The molecule has 2 aliphatic rings. The van der Waals surface area contributed by atoms with Crippen molar-refractivity contribution < 1.29 is 4.79 Å². The Labute approximate surface area is 177 Å². The highest BCUT2D eigenvalue weighted by molar-refractivity contribution is 6.30. The maximum absolute atomic E-state index is 12.7. The highest BCUT2D eigenvalue weighted by Gasteiger charge is 2.25. The quantitative estimate of drug-likeness (QED) is 0.696. The first-order valence-corrected chi connectivity index (χ1v) is 11.1. The lowest BCUT2D eigenvalue weighted by Gasteiger charge is -2.32. The summed E-state index contributed by atoms with van der Waals surface area (Å²) in [6.45, 7) is 1.66. The molecule has 1 amide bonds. The van der Waals surface area contributed by atoms with Crippen LogP contribution in [0.2, 0.25) is 5.02 Å². The monoisotopic (exact) mass is 412 g/mol. The van der Waals surface area contributed by atoms with Crippen molar-refractivity contribution in [3.8, 4) is 0 Å². The molecule has 2 fully saturated rings. The Balaban J connectivity index is 1.25. The van der Waals surface area contributed by atoms with Crippen molar-refractivity contribution in [1.29, 1.82) is 0 Å². The SMILES string of the molecule is O=C(Nc1ccc(NC2CCCCC2)cc1)C1CCN(c2ccc(Cl)cn2)CC1. The molecular weight excluding hydrogens is 384 g/mol. The number of amides is 1. The van der Waals surface area contributed by atoms with E-state index in [2.05, 4.69) is 32.7 Å². The van der Waals surface area contributed by atoms with Crippen molar-refractivity contribution in [2.75, 3.05) is 28.6 Å². The lowest BCUT2D eigenvalue weighted by molar-refractivity contribution is -0.120. The van der Waals surface area contributed by atoms with Crippen LogP contribution in [-0.2, 0) is 4.79 Å². The van der Waals surface area contributed by atoms with E-state index in [1.807, 2.05) is 24.3 Å². The summed E-state index contributed by atoms with van der Waals surface area (Å²) in [6, 6.07) is 12.5. The van der Waals surface area contributed by atoms with Crippen molar-refractivity contribution in [2.24, 2.45) is 5.92 Å². The zero-order valence-electron chi connectivity index (χ0n) is 16.7. The van der Waals surface area contributed by atoms with E-state index in [-0.39, 0.29) is 11.8 Å². The normalized spacial score (nSPS) is 18.4. The summed E-state index contributed by atoms with van der Waals surface area (Å²) in [5.74, 6) is 1.08. The molecule has 2 N–H and O–H groups in total. The number of nitrogens with zero attached hydrogens (tertiary/aromatic N) is 2. The molecule has 1 aliphatic heterocycles. The Hall–Kier alpha value is -2.27. The third-order valence-electron chi connectivity index (χ3n) is 6.03. The molecule has 0 radical (unpaired) electrons. The molecule has 5 nitrogen and oxygen atoms in total. The number of rotatable bonds is 5. The smallest absolute Gasteiger partial charge is 0.227 e. The van der Waals surface area contributed by atoms with Gasteiger partial charge >= 0.3 is 0 Å². The number of hydrogen-bond acceptors (Lipinski definition) is 4. The molecule has 0 atom stereocenters. The summed E-state index contributed by atoms with van der Waals surface area (Å²) >= 11 is 5.91. The Morgan fingerprint density at radius 3 is 2.28 bits per heavy atom. The lowest BCUT2D eigenvalue weighted by atomic mass is 9.95. The summed E-state index contributed by atoms with van der Waals surface area (Å²) in [7, 11) is 0. The molecule has 0 unspecified atom stereocenters. The molecule has 0 bridgehead atoms. The fourth-order valence-corrected chi connectivity index (χ4v) is 4.41. The second-order valence-corrected chi connectivity index (χ2v) is 8.58. The van der Waals surface area contributed by atoms with E-state index in [0.717, 1.165) is 43.1 Å². The molecule has 154 valence electrons. The number of benzene rings is 1. The number of halogens is 1. The van der Waals surface area contributed by atoms with Crippen LogP contribution in [0.25, 0.3) is 0 Å². The Bertz CT molecular complexity index is 795. The van der Waals surface area contributed by atoms with Gasteiger partial charge in [0.15, 0.2) is 0 Å². The molecule has 1 aromatic carbocycles. The maximum atomic E-state index is 12.7. The van der Waals surface area contributed by atoms with Gasteiger partial charge < -0.3 is 15.5 Å². The number of hydrogen-bond donors (Lipinski definition) is 2. The Kier molecular flexibility index (Phi) is 6.55. The molecular formula is C23H29ClN4O. The van der Waals surface area contributed by atoms with Gasteiger partial charge in [0.25, 0.3) is 0 Å². The average molecular weight is 413 g/mol. The first-order chi connectivity index (χ1) is 14.2. The third kappa shape index (κ3) is 5.41. The van der Waals surface area contributed by atoms with Gasteiger partial charge in [0, 0.05) is 42.6 Å². The predicted molar refractivity (Wildman–Crippen MR) is 120 cm³/mol. The van der Waals surface area contributed by atoms with Gasteiger partial charge in [0.1, 0.15) is 5.82 Å². The second kappa shape index (κ2) is 9.49. The van der Waals surface area contributed by atoms with Gasteiger partial charge in [-0.05, 0) is 62.1 Å². The number of piperidine rings is 1. The van der Waals surface area contributed by atoms with E-state index in [0.29, 0.717) is 11.1 Å². The fourth-order valence-electron chi connectivity index (χ4n) is 4.30. The van der Waals surface area contributed by atoms with E-state index in [4.69, 9.17) is 11.6 Å². The van der Waals surface area contributed by atoms with Crippen LogP contribution in [0.3, 0.4) is 0 Å². The van der Waals surface area contributed by atoms with Gasteiger partial charge in [-0.3, -0.25) is 4.79 Å². The van der Waals surface area contributed by atoms with Crippen molar-refractivity contribution >= 4 is 34.7 Å². The van der Waals surface area contributed by atoms with E-state index < -0.39 is 0 Å². The highest BCUT2D eigenvalue weighted by atomic mass is 35.5. The lowest BCUT2D eigenvalue weighted by Crippen LogP contribution is -2.38. The zero-order chi connectivity index (χ0) is 20.1. The van der Waals surface area contributed by atoms with E-state index in [1.165, 1.54) is 32.1 Å². The van der Waals surface area contributed by atoms with Crippen molar-refractivity contribution in [3.05, 3.63) is 47.6 Å². The molecule has 1 saturated heterocycles. The number of aromatic nitrogens is 1. The van der Waals surface area contributed by atoms with E-state index in [9.17, 15) is 4.79 Å². The molecule has 6 heteroatoms. The van der Waals surface area contributed by atoms with Crippen LogP contribution in [0.1, 0.15) is 44.9 Å². The fraction of sp³-hybridized carbons (Fsp3) is 0.478. The predicted octanol–water partition coefficient (Wildman–Crippen LogP) is 5.33. The van der Waals surface area contributed by atoms with Crippen LogP contribution >= 0.6 is 11.6 Å². The maximum Gasteiger partial charge on any atom is 0.227 e. The van der Waals surface area contributed by atoms with Crippen molar-refractivity contribution in [1.82, 2.24) is 4.98 Å². The number of carbonyl (C=O) groups excluding carboxylic acids is 1. The molecule has 0 spiro atoms. The number of nitrogens with one attached hydrogen (secondary N) is 2. The average Bonchev–Trinajstić information content (AvgIpc) is 2.76. The molecule has 1 saturated carbocycles. The van der Waals surface area contributed by atoms with Gasteiger partial charge in [-0.1, -0.05) is 30.9 Å². The van der Waals surface area contributed by atoms with E-state index >= 15 is 0 Å². The first-order valence-electron chi connectivity index (χ1n) is 10.7. The molecule has 29 heavy (non-hydrogen) atoms. The van der Waals surface area contributed by atoms with Crippen LogP contribution in [0.4, 0.5) is 17.2 Å². The Morgan fingerprint density at radius 2 is 1.62 bits per heavy atom. The first kappa shape index (κ1) is 20.0. The van der Waals surface area contributed by atoms with Crippen LogP contribution < -0.4 is 15.5 Å². The molecule has 1 aromatic heterocycles. The minimum Gasteiger partial charge on any atom is -0.382 e. The summed E-state index contributed by atoms with van der Waals surface area (Å²) in [5, 5.41) is 7.34. The standard InChI is InChI=1S/C23H29ClN4O/c24-18-6-11-22(25-16-18)28-14-12-17(13-15-28)23(29)27-21-9-7-20(8-10-21)26-19-4-2-1-3-5-19/h6-11,16-17,19,26H,1-5,12-15H2,(H,27,29). The minimum absolute atomic E-state index is 0.0404. The van der Waals surface area contributed by atoms with Crippen molar-refractivity contribution in [2.45, 2.75) is 51.0 Å². The van der Waals surface area contributed by atoms with Gasteiger partial charge in [-0.25, -0.2) is 4.98 Å². The van der Waals surface area contributed by atoms with Crippen LogP contribution in [0, 0.1) is 5.92 Å². The number of carbonyl (C=O) groups is 1. The van der Waals surface area contributed by atoms with Gasteiger partial charge in [0.05, 0.1) is 5.02 Å². The molecule has 2 aromatic rings. The third-order valence-corrected chi connectivity index (χ3v) is 6.25. The van der Waals surface area contributed by atoms with Crippen molar-refractivity contribution in [3.63, 3.8) is 0 Å². The topological polar surface area (TPSA) is 57.3 Å². The van der Waals surface area contributed by atoms with Crippen LogP contribution in [-0.4, -0.2) is 30.0 Å². The summed E-state index contributed by atoms with van der Waals surface area (Å²) < 4.78 is 0. The van der Waals surface area contributed by atoms with E-state index in [1.54, 1.807) is 6.20 Å². The Morgan fingerprint density at radius 1 is 0.931 bits per heavy atom. The molecule has 4 rings (SSSR count). The zero-order valence-corrected chi connectivity index (χ0v) is 17.5. The molecule has 1 aliphatic carbocycles. The molecule has 2 heterocycles. The van der Waals surface area contributed by atoms with Gasteiger partial charge in [-0.2, -0.15) is 0 Å². The van der Waals surface area contributed by atoms with Gasteiger partial charge in [0.2, 0.25) is 5.91 Å². The summed E-state index contributed by atoms with van der Waals surface area (Å²) in [5.41, 5.74) is 2.00. The number of anilines is 3. The minimum atomic E-state index is 0.0404. The summed E-state index contributed by atoms with van der Waals surface area (Å²) in [6.07, 6.45) is 9.83. The second-order valence-electron chi connectivity index (χ2n) is 8.14. The largest absolute Gasteiger partial charge is 0.382 e. The highest BCUT2D eigenvalue weighted by Crippen LogP contribution is 2.25.